The van der Waals surface area contributed by atoms with Crippen LogP contribution in [0, 0.1) is 6.92 Å². The number of unbranched alkanes of at least 4 members (excludes halogenated alkanes) is 1. The molecule has 0 bridgehead atoms. The highest BCUT2D eigenvalue weighted by Gasteiger charge is 2.16. The zero-order chi connectivity index (χ0) is 27.5. The minimum absolute atomic E-state index is 0.107. The van der Waals surface area contributed by atoms with Crippen LogP contribution < -0.4 is 10.6 Å². The molecule has 0 unspecified atom stereocenters. The molecule has 0 fully saturated rings. The predicted octanol–water partition coefficient (Wildman–Crippen LogP) is 7.77. The van der Waals surface area contributed by atoms with Crippen LogP contribution in [0.4, 0.5) is 5.69 Å². The number of hydrogen-bond donors (Lipinski definition) is 2. The van der Waals surface area contributed by atoms with Gasteiger partial charge in [-0.3, -0.25) is 10.1 Å². The number of thiocarbonyl (C=S) groups is 1. The summed E-state index contributed by atoms with van der Waals surface area (Å²) in [5, 5.41) is 16.0. The molecule has 2 heterocycles. The van der Waals surface area contributed by atoms with Crippen molar-refractivity contribution in [2.75, 3.05) is 5.32 Å². The minimum Gasteiger partial charge on any atom is -0.451 e. The highest BCUT2D eigenvalue weighted by Crippen LogP contribution is 2.29. The molecule has 0 radical (unpaired) electrons. The first-order chi connectivity index (χ1) is 18.8. The van der Waals surface area contributed by atoms with E-state index in [1.807, 2.05) is 31.2 Å². The molecule has 39 heavy (non-hydrogen) atoms. The van der Waals surface area contributed by atoms with Gasteiger partial charge in [-0.25, -0.2) is 0 Å². The van der Waals surface area contributed by atoms with E-state index in [4.69, 9.17) is 39.8 Å². The van der Waals surface area contributed by atoms with Crippen LogP contribution in [0.25, 0.3) is 28.0 Å². The molecular weight excluding hydrogens is 553 g/mol. The molecule has 198 valence electrons. The van der Waals surface area contributed by atoms with Crippen LogP contribution in [0.2, 0.25) is 10.0 Å². The quantitative estimate of drug-likeness (QED) is 0.192. The third kappa shape index (κ3) is 6.14. The summed E-state index contributed by atoms with van der Waals surface area (Å²) < 4.78 is 5.71. The molecule has 0 aliphatic rings. The van der Waals surface area contributed by atoms with Crippen molar-refractivity contribution in [1.29, 1.82) is 0 Å². The number of halogens is 2. The second-order valence-corrected chi connectivity index (χ2v) is 10.3. The number of furan rings is 1. The lowest BCUT2D eigenvalue weighted by Crippen LogP contribution is -2.34. The molecule has 0 atom stereocenters. The lowest BCUT2D eigenvalue weighted by atomic mass is 10.1. The van der Waals surface area contributed by atoms with E-state index in [1.165, 1.54) is 18.4 Å². The zero-order valence-electron chi connectivity index (χ0n) is 21.3. The van der Waals surface area contributed by atoms with Gasteiger partial charge in [-0.05, 0) is 97.7 Å². The zero-order valence-corrected chi connectivity index (χ0v) is 23.6. The maximum absolute atomic E-state index is 12.7. The van der Waals surface area contributed by atoms with Crippen molar-refractivity contribution < 1.29 is 9.21 Å². The van der Waals surface area contributed by atoms with Gasteiger partial charge in [0.25, 0.3) is 5.91 Å². The van der Waals surface area contributed by atoms with Crippen LogP contribution in [-0.2, 0) is 6.42 Å². The van der Waals surface area contributed by atoms with E-state index in [2.05, 4.69) is 39.9 Å². The van der Waals surface area contributed by atoms with Crippen molar-refractivity contribution in [2.24, 2.45) is 0 Å². The monoisotopic (exact) mass is 577 g/mol. The molecule has 0 spiro atoms. The van der Waals surface area contributed by atoms with E-state index >= 15 is 0 Å². The van der Waals surface area contributed by atoms with Crippen molar-refractivity contribution >= 4 is 63.2 Å². The highest BCUT2D eigenvalue weighted by molar-refractivity contribution is 7.80. The fourth-order valence-electron chi connectivity index (χ4n) is 4.08. The number of aromatic nitrogens is 3. The van der Waals surface area contributed by atoms with Crippen molar-refractivity contribution in [3.05, 3.63) is 93.7 Å². The fraction of sp³-hybridized carbons (Fsp3) is 0.172. The summed E-state index contributed by atoms with van der Waals surface area (Å²) in [7, 11) is 0. The number of carbonyl (C=O) groups excluding carboxylic acids is 1. The third-order valence-corrected chi connectivity index (χ3v) is 7.17. The molecule has 1 amide bonds. The Balaban J connectivity index is 1.26. The van der Waals surface area contributed by atoms with Crippen LogP contribution in [0.3, 0.4) is 0 Å². The number of amides is 1. The van der Waals surface area contributed by atoms with E-state index in [-0.39, 0.29) is 10.9 Å². The number of carbonyl (C=O) groups is 1. The Labute approximate surface area is 241 Å². The van der Waals surface area contributed by atoms with Gasteiger partial charge in [-0.2, -0.15) is 4.80 Å². The maximum Gasteiger partial charge on any atom is 0.293 e. The van der Waals surface area contributed by atoms with Gasteiger partial charge >= 0.3 is 0 Å². The molecule has 2 aromatic heterocycles. The van der Waals surface area contributed by atoms with Gasteiger partial charge in [0.05, 0.1) is 15.7 Å². The molecule has 5 aromatic rings. The summed E-state index contributed by atoms with van der Waals surface area (Å²) in [5.41, 5.74) is 5.97. The molecular formula is C29H25Cl2N5O2S. The summed E-state index contributed by atoms with van der Waals surface area (Å²) in [6.07, 6.45) is 3.40. The lowest BCUT2D eigenvalue weighted by molar-refractivity contribution is 0.0951. The number of rotatable bonds is 7. The smallest absolute Gasteiger partial charge is 0.293 e. The number of hydrogen-bond acceptors (Lipinski definition) is 5. The molecule has 0 aliphatic carbocycles. The third-order valence-electron chi connectivity index (χ3n) is 6.22. The number of fused-ring (bicyclic) bond motifs is 1. The Bertz CT molecular complexity index is 1680. The lowest BCUT2D eigenvalue weighted by Gasteiger charge is -2.11. The second-order valence-electron chi connectivity index (χ2n) is 9.12. The highest BCUT2D eigenvalue weighted by atomic mass is 35.5. The minimum atomic E-state index is -0.481. The Morgan fingerprint density at radius 3 is 2.44 bits per heavy atom. The standard InChI is InChI=1S/C29H25Cl2N5O2S/c1-3-4-5-18-6-9-20(10-7-18)36-34-24-14-17(2)23(16-25(24)35-36)32-29(39)33-28(37)27-13-12-26(38-27)19-8-11-21(30)22(31)15-19/h6-16H,3-5H2,1-2H3,(H2,32,33,37,39). The molecule has 0 saturated carbocycles. The van der Waals surface area contributed by atoms with E-state index < -0.39 is 5.91 Å². The van der Waals surface area contributed by atoms with Gasteiger partial charge in [0.1, 0.15) is 16.8 Å². The number of nitrogens with one attached hydrogen (secondary N) is 2. The number of nitrogens with zero attached hydrogens (tertiary/aromatic N) is 3. The van der Waals surface area contributed by atoms with Gasteiger partial charge in [0, 0.05) is 11.3 Å². The first-order valence-corrected chi connectivity index (χ1v) is 13.6. The van der Waals surface area contributed by atoms with Crippen LogP contribution in [0.15, 0.2) is 71.1 Å². The van der Waals surface area contributed by atoms with Crippen LogP contribution in [-0.4, -0.2) is 26.0 Å². The molecule has 0 aliphatic heterocycles. The van der Waals surface area contributed by atoms with Crippen LogP contribution in [0.1, 0.15) is 41.4 Å². The van der Waals surface area contributed by atoms with E-state index in [1.54, 1.807) is 35.1 Å². The largest absolute Gasteiger partial charge is 0.451 e. The van der Waals surface area contributed by atoms with Gasteiger partial charge < -0.3 is 9.73 Å². The summed E-state index contributed by atoms with van der Waals surface area (Å²) in [5.74, 6) is 0.111. The average molecular weight is 579 g/mol. The van der Waals surface area contributed by atoms with Gasteiger partial charge in [0.2, 0.25) is 0 Å². The normalized spacial score (nSPS) is 11.1. The van der Waals surface area contributed by atoms with Gasteiger partial charge in [-0.1, -0.05) is 48.7 Å². The molecule has 0 saturated heterocycles. The summed E-state index contributed by atoms with van der Waals surface area (Å²) in [6, 6.07) is 20.4. The van der Waals surface area contributed by atoms with E-state index in [0.29, 0.717) is 32.6 Å². The SMILES string of the molecule is CCCCc1ccc(-n2nc3cc(C)c(NC(=S)NC(=O)c4ccc(-c5ccc(Cl)c(Cl)c5)o4)cc3n2)cc1. The molecule has 7 nitrogen and oxygen atoms in total. The van der Waals surface area contributed by atoms with Crippen molar-refractivity contribution in [1.82, 2.24) is 20.3 Å². The first kappa shape index (κ1) is 26.9. The van der Waals surface area contributed by atoms with Crippen molar-refractivity contribution in [2.45, 2.75) is 33.1 Å². The summed E-state index contributed by atoms with van der Waals surface area (Å²) in [4.78, 5) is 14.4. The molecule has 5 rings (SSSR count). The number of aryl methyl sites for hydroxylation is 2. The Kier molecular flexibility index (Phi) is 7.97. The fourth-order valence-corrected chi connectivity index (χ4v) is 4.58. The van der Waals surface area contributed by atoms with Gasteiger partial charge in [-0.15, -0.1) is 10.2 Å². The summed E-state index contributed by atoms with van der Waals surface area (Å²) in [6.45, 7) is 4.12. The van der Waals surface area contributed by atoms with E-state index in [9.17, 15) is 4.79 Å². The predicted molar refractivity (Wildman–Crippen MR) is 160 cm³/mol. The van der Waals surface area contributed by atoms with Crippen molar-refractivity contribution in [3.63, 3.8) is 0 Å². The summed E-state index contributed by atoms with van der Waals surface area (Å²) >= 11 is 17.5. The van der Waals surface area contributed by atoms with E-state index in [0.717, 1.165) is 23.2 Å². The second kappa shape index (κ2) is 11.6. The maximum atomic E-state index is 12.7. The molecule has 2 N–H and O–H groups in total. The number of anilines is 1. The van der Waals surface area contributed by atoms with Crippen LogP contribution in [0.5, 0.6) is 0 Å². The Morgan fingerprint density at radius 1 is 0.974 bits per heavy atom. The number of benzene rings is 3. The topological polar surface area (TPSA) is 85.0 Å². The van der Waals surface area contributed by atoms with Crippen molar-refractivity contribution in [3.8, 4) is 17.0 Å². The molecule has 10 heteroatoms. The first-order valence-electron chi connectivity index (χ1n) is 12.5. The van der Waals surface area contributed by atoms with Gasteiger partial charge in [0.15, 0.2) is 10.9 Å². The van der Waals surface area contributed by atoms with Crippen LogP contribution >= 0.6 is 35.4 Å². The Hall–Kier alpha value is -3.72. The Morgan fingerprint density at radius 2 is 1.72 bits per heavy atom. The average Bonchev–Trinajstić information content (AvgIpc) is 3.57. The molecule has 3 aromatic carbocycles.